The Hall–Kier alpha value is -0.0800. The molecule has 2 heteroatoms. The molecular weight excluding hydrogens is 198 g/mol. The normalized spacial score (nSPS) is 36.8. The lowest BCUT2D eigenvalue weighted by molar-refractivity contribution is 0.137. The molecule has 2 unspecified atom stereocenters. The summed E-state index contributed by atoms with van der Waals surface area (Å²) >= 11 is 0. The summed E-state index contributed by atoms with van der Waals surface area (Å²) in [7, 11) is 0. The molecule has 0 radical (unpaired) electrons. The molecule has 2 nitrogen and oxygen atoms in total. The lowest BCUT2D eigenvalue weighted by Gasteiger charge is -2.35. The van der Waals surface area contributed by atoms with Crippen LogP contribution in [0.1, 0.15) is 64.7 Å². The maximum Gasteiger partial charge on any atom is 0.0613 e. The van der Waals surface area contributed by atoms with Crippen LogP contribution in [0.5, 0.6) is 0 Å². The predicted molar refractivity (Wildman–Crippen MR) is 67.5 cm³/mol. The second kappa shape index (κ2) is 5.50. The Kier molecular flexibility index (Phi) is 4.26. The Balaban J connectivity index is 1.89. The quantitative estimate of drug-likeness (QED) is 0.771. The summed E-state index contributed by atoms with van der Waals surface area (Å²) in [6, 6.07) is 0.677. The smallest absolute Gasteiger partial charge is 0.0613 e. The van der Waals surface area contributed by atoms with Gasteiger partial charge in [-0.05, 0) is 38.0 Å². The molecule has 16 heavy (non-hydrogen) atoms. The molecule has 0 saturated heterocycles. The zero-order valence-electron chi connectivity index (χ0n) is 10.7. The Bertz CT molecular complexity index is 213. The zero-order chi connectivity index (χ0) is 11.4. The molecule has 0 bridgehead atoms. The second-order valence-electron chi connectivity index (χ2n) is 5.93. The fourth-order valence-corrected chi connectivity index (χ4v) is 3.59. The molecule has 2 aliphatic rings. The van der Waals surface area contributed by atoms with Crippen molar-refractivity contribution in [3.05, 3.63) is 0 Å². The van der Waals surface area contributed by atoms with Gasteiger partial charge in [0.2, 0.25) is 0 Å². The van der Waals surface area contributed by atoms with E-state index >= 15 is 0 Å². The maximum atomic E-state index is 9.70. The Labute approximate surface area is 99.8 Å². The van der Waals surface area contributed by atoms with Gasteiger partial charge in [0.25, 0.3) is 0 Å². The molecule has 94 valence electrons. The van der Waals surface area contributed by atoms with E-state index in [0.717, 1.165) is 5.92 Å². The molecule has 0 spiro atoms. The average molecular weight is 225 g/mol. The van der Waals surface area contributed by atoms with Gasteiger partial charge in [-0.15, -0.1) is 0 Å². The van der Waals surface area contributed by atoms with Crippen LogP contribution in [0.25, 0.3) is 0 Å². The van der Waals surface area contributed by atoms with Crippen LogP contribution in [0.2, 0.25) is 0 Å². The fraction of sp³-hybridized carbons (Fsp3) is 1.00. The van der Waals surface area contributed by atoms with Gasteiger partial charge < -0.3 is 10.4 Å². The van der Waals surface area contributed by atoms with Crippen molar-refractivity contribution < 1.29 is 5.11 Å². The molecule has 2 atom stereocenters. The van der Waals surface area contributed by atoms with E-state index in [2.05, 4.69) is 12.2 Å². The summed E-state index contributed by atoms with van der Waals surface area (Å²) in [6.45, 7) is 2.61. The summed E-state index contributed by atoms with van der Waals surface area (Å²) < 4.78 is 0. The van der Waals surface area contributed by atoms with Crippen LogP contribution in [0, 0.1) is 5.92 Å². The highest BCUT2D eigenvalue weighted by molar-refractivity contribution is 4.97. The monoisotopic (exact) mass is 225 g/mol. The number of hydrogen-bond donors (Lipinski definition) is 2. The first-order valence-corrected chi connectivity index (χ1v) is 7.16. The highest BCUT2D eigenvalue weighted by Crippen LogP contribution is 2.37. The number of aliphatic hydroxyl groups is 1. The van der Waals surface area contributed by atoms with E-state index in [9.17, 15) is 5.11 Å². The number of nitrogens with one attached hydrogen (secondary N) is 1. The molecule has 2 saturated carbocycles. The van der Waals surface area contributed by atoms with Crippen molar-refractivity contribution in [2.24, 2.45) is 5.92 Å². The van der Waals surface area contributed by atoms with Gasteiger partial charge >= 0.3 is 0 Å². The van der Waals surface area contributed by atoms with E-state index in [0.29, 0.717) is 12.6 Å². The summed E-state index contributed by atoms with van der Waals surface area (Å²) in [5.74, 6) is 0.836. The standard InChI is InChI=1S/C14H27NO/c1-2-12-8-9-14(10-12,11-16)15-13-6-4-3-5-7-13/h12-13,15-16H,2-11H2,1H3. The van der Waals surface area contributed by atoms with Crippen LogP contribution < -0.4 is 5.32 Å². The van der Waals surface area contributed by atoms with Gasteiger partial charge in [-0.1, -0.05) is 32.6 Å². The van der Waals surface area contributed by atoms with Crippen LogP contribution in [-0.4, -0.2) is 23.3 Å². The predicted octanol–water partition coefficient (Wildman–Crippen LogP) is 2.85. The second-order valence-corrected chi connectivity index (χ2v) is 5.93. The summed E-state index contributed by atoms with van der Waals surface area (Å²) in [4.78, 5) is 0. The molecule has 0 aliphatic heterocycles. The first kappa shape index (κ1) is 12.4. The average Bonchev–Trinajstić information content (AvgIpc) is 2.75. The van der Waals surface area contributed by atoms with Crippen molar-refractivity contribution in [2.75, 3.05) is 6.61 Å². The van der Waals surface area contributed by atoms with Crippen molar-refractivity contribution in [3.8, 4) is 0 Å². The lowest BCUT2D eigenvalue weighted by atomic mass is 9.90. The number of hydrogen-bond acceptors (Lipinski definition) is 2. The minimum absolute atomic E-state index is 0.0721. The first-order chi connectivity index (χ1) is 7.78. The van der Waals surface area contributed by atoms with Crippen LogP contribution in [0.3, 0.4) is 0 Å². The van der Waals surface area contributed by atoms with Crippen molar-refractivity contribution in [3.63, 3.8) is 0 Å². The van der Waals surface area contributed by atoms with Gasteiger partial charge in [-0.2, -0.15) is 0 Å². The minimum atomic E-state index is 0.0721. The molecule has 2 fully saturated rings. The Morgan fingerprint density at radius 2 is 1.94 bits per heavy atom. The Morgan fingerprint density at radius 1 is 1.19 bits per heavy atom. The molecule has 0 amide bonds. The lowest BCUT2D eigenvalue weighted by Crippen LogP contribution is -2.52. The van der Waals surface area contributed by atoms with Crippen molar-refractivity contribution in [2.45, 2.75) is 76.3 Å². The SMILES string of the molecule is CCC1CCC(CO)(NC2CCCCC2)C1. The van der Waals surface area contributed by atoms with Gasteiger partial charge in [0, 0.05) is 11.6 Å². The van der Waals surface area contributed by atoms with E-state index in [1.165, 1.54) is 57.8 Å². The molecule has 0 aromatic carbocycles. The molecule has 0 aromatic heterocycles. The molecule has 2 rings (SSSR count). The molecule has 2 aliphatic carbocycles. The van der Waals surface area contributed by atoms with E-state index in [1.807, 2.05) is 0 Å². The molecule has 0 aromatic rings. The maximum absolute atomic E-state index is 9.70. The van der Waals surface area contributed by atoms with Gasteiger partial charge in [0.05, 0.1) is 6.61 Å². The Morgan fingerprint density at radius 3 is 2.50 bits per heavy atom. The van der Waals surface area contributed by atoms with Crippen molar-refractivity contribution in [1.29, 1.82) is 0 Å². The third-order valence-corrected chi connectivity index (χ3v) is 4.71. The van der Waals surface area contributed by atoms with Gasteiger partial charge in [0.15, 0.2) is 0 Å². The summed E-state index contributed by atoms with van der Waals surface area (Å²) in [5.41, 5.74) is 0.0721. The van der Waals surface area contributed by atoms with E-state index in [4.69, 9.17) is 0 Å². The van der Waals surface area contributed by atoms with Crippen molar-refractivity contribution >= 4 is 0 Å². The first-order valence-electron chi connectivity index (χ1n) is 7.16. The third-order valence-electron chi connectivity index (χ3n) is 4.71. The molecule has 0 heterocycles. The van der Waals surface area contributed by atoms with Crippen LogP contribution in [0.15, 0.2) is 0 Å². The van der Waals surface area contributed by atoms with Crippen LogP contribution in [-0.2, 0) is 0 Å². The highest BCUT2D eigenvalue weighted by Gasteiger charge is 2.39. The number of aliphatic hydroxyl groups excluding tert-OH is 1. The topological polar surface area (TPSA) is 32.3 Å². The largest absolute Gasteiger partial charge is 0.394 e. The van der Waals surface area contributed by atoms with Crippen molar-refractivity contribution in [1.82, 2.24) is 5.32 Å². The highest BCUT2D eigenvalue weighted by atomic mass is 16.3. The van der Waals surface area contributed by atoms with E-state index < -0.39 is 0 Å². The van der Waals surface area contributed by atoms with Gasteiger partial charge in [0.1, 0.15) is 0 Å². The van der Waals surface area contributed by atoms with Crippen LogP contribution >= 0.6 is 0 Å². The van der Waals surface area contributed by atoms with E-state index in [1.54, 1.807) is 0 Å². The number of rotatable bonds is 4. The van der Waals surface area contributed by atoms with E-state index in [-0.39, 0.29) is 5.54 Å². The van der Waals surface area contributed by atoms with Gasteiger partial charge in [-0.3, -0.25) is 0 Å². The zero-order valence-corrected chi connectivity index (χ0v) is 10.7. The van der Waals surface area contributed by atoms with Gasteiger partial charge in [-0.25, -0.2) is 0 Å². The summed E-state index contributed by atoms with van der Waals surface area (Å²) in [6.07, 6.45) is 11.7. The molecule has 2 N–H and O–H groups in total. The minimum Gasteiger partial charge on any atom is -0.394 e. The third kappa shape index (κ3) is 2.78. The van der Waals surface area contributed by atoms with Crippen LogP contribution in [0.4, 0.5) is 0 Å². The summed E-state index contributed by atoms with van der Waals surface area (Å²) in [5, 5.41) is 13.5. The molecular formula is C14H27NO. The fourth-order valence-electron chi connectivity index (χ4n) is 3.59.